The second-order valence-corrected chi connectivity index (χ2v) is 10.5. The minimum Gasteiger partial charge on any atom is -0.347 e. The van der Waals surface area contributed by atoms with E-state index in [1.165, 1.54) is 35.4 Å². The number of rotatable bonds is 6. The predicted molar refractivity (Wildman–Crippen MR) is 149 cm³/mol. The summed E-state index contributed by atoms with van der Waals surface area (Å²) in [6.45, 7) is 4.00. The van der Waals surface area contributed by atoms with Crippen LogP contribution in [0.25, 0.3) is 22.2 Å². The van der Waals surface area contributed by atoms with Crippen LogP contribution >= 0.6 is 0 Å². The van der Waals surface area contributed by atoms with Crippen molar-refractivity contribution in [3.8, 4) is 11.3 Å². The van der Waals surface area contributed by atoms with Crippen LogP contribution in [0.3, 0.4) is 0 Å². The Labute approximate surface area is 222 Å². The van der Waals surface area contributed by atoms with Gasteiger partial charge in [0.05, 0.1) is 16.9 Å². The Hall–Kier alpha value is -4.00. The Bertz CT molecular complexity index is 1500. The molecule has 2 aliphatic heterocycles. The van der Waals surface area contributed by atoms with Crippen LogP contribution in [0.5, 0.6) is 0 Å². The van der Waals surface area contributed by atoms with E-state index in [1.807, 2.05) is 29.3 Å². The number of likely N-dealkylation sites (tertiary alicyclic amines) is 1. The topological polar surface area (TPSA) is 80.1 Å². The molecule has 0 spiro atoms. The molecule has 38 heavy (non-hydrogen) atoms. The Morgan fingerprint density at radius 2 is 1.87 bits per heavy atom. The van der Waals surface area contributed by atoms with Gasteiger partial charge in [0.1, 0.15) is 5.82 Å². The summed E-state index contributed by atoms with van der Waals surface area (Å²) < 4.78 is 2.38. The van der Waals surface area contributed by atoms with Crippen molar-refractivity contribution in [2.24, 2.45) is 5.92 Å². The van der Waals surface area contributed by atoms with Crippen molar-refractivity contribution < 1.29 is 9.59 Å². The second-order valence-electron chi connectivity index (χ2n) is 10.5. The molecule has 1 N–H and O–H groups in total. The smallest absolute Gasteiger partial charge is 0.321 e. The lowest BCUT2D eigenvalue weighted by atomic mass is 9.92. The predicted octanol–water partition coefficient (Wildman–Crippen LogP) is 6.12. The van der Waals surface area contributed by atoms with Crippen molar-refractivity contribution in [2.45, 2.75) is 52.0 Å². The number of ketones is 1. The quantitative estimate of drug-likeness (QED) is 0.319. The molecule has 1 fully saturated rings. The van der Waals surface area contributed by atoms with Gasteiger partial charge in [0, 0.05) is 55.0 Å². The summed E-state index contributed by atoms with van der Waals surface area (Å²) in [7, 11) is 0. The van der Waals surface area contributed by atoms with Crippen LogP contribution in [0.15, 0.2) is 60.9 Å². The first-order valence-electron chi connectivity index (χ1n) is 13.7. The third kappa shape index (κ3) is 4.80. The molecular formula is C31H33N5O2. The highest BCUT2D eigenvalue weighted by Crippen LogP contribution is 2.34. The number of hydrogen-bond donors (Lipinski definition) is 1. The summed E-state index contributed by atoms with van der Waals surface area (Å²) in [6, 6.07) is 15.7. The van der Waals surface area contributed by atoms with E-state index in [1.54, 1.807) is 12.1 Å². The number of Topliss-reactive ketones (excluding diaryl/α,β-unsaturated/α-hetero) is 1. The van der Waals surface area contributed by atoms with E-state index in [0.29, 0.717) is 30.3 Å². The molecule has 2 aromatic carbocycles. The van der Waals surface area contributed by atoms with E-state index >= 15 is 0 Å². The fourth-order valence-corrected chi connectivity index (χ4v) is 5.98. The third-order valence-electron chi connectivity index (χ3n) is 8.03. The number of hydrogen-bond acceptors (Lipinski definition) is 4. The molecule has 194 valence electrons. The molecule has 2 aromatic heterocycles. The van der Waals surface area contributed by atoms with Gasteiger partial charge in [-0.1, -0.05) is 30.3 Å². The molecule has 7 heteroatoms. The van der Waals surface area contributed by atoms with Gasteiger partial charge in [-0.2, -0.15) is 0 Å². The van der Waals surface area contributed by atoms with Crippen LogP contribution in [-0.2, 0) is 19.4 Å². The molecule has 1 saturated heterocycles. The molecular weight excluding hydrogens is 474 g/mol. The first-order valence-corrected chi connectivity index (χ1v) is 13.7. The van der Waals surface area contributed by atoms with Crippen molar-refractivity contribution >= 4 is 28.4 Å². The average Bonchev–Trinajstić information content (AvgIpc) is 3.33. The summed E-state index contributed by atoms with van der Waals surface area (Å²) in [6.07, 6.45) is 10.2. The molecule has 0 aliphatic carbocycles. The van der Waals surface area contributed by atoms with E-state index in [-0.39, 0.29) is 11.8 Å². The van der Waals surface area contributed by atoms with Gasteiger partial charge in [-0.15, -0.1) is 0 Å². The van der Waals surface area contributed by atoms with Crippen molar-refractivity contribution in [2.75, 3.05) is 18.4 Å². The first kappa shape index (κ1) is 24.3. The number of nitrogens with zero attached hydrogens (tertiary/aromatic N) is 4. The molecule has 4 aromatic rings. The molecule has 7 nitrogen and oxygen atoms in total. The maximum atomic E-state index is 12.8. The maximum Gasteiger partial charge on any atom is 0.321 e. The zero-order valence-corrected chi connectivity index (χ0v) is 21.8. The van der Waals surface area contributed by atoms with E-state index in [9.17, 15) is 9.59 Å². The minimum atomic E-state index is -0.139. The molecule has 2 aliphatic rings. The Morgan fingerprint density at radius 1 is 1.03 bits per heavy atom. The number of carbonyl (C=O) groups is 2. The maximum absolute atomic E-state index is 12.8. The number of piperidine rings is 1. The van der Waals surface area contributed by atoms with Gasteiger partial charge in [-0.3, -0.25) is 4.79 Å². The lowest BCUT2D eigenvalue weighted by Gasteiger charge is -2.32. The van der Waals surface area contributed by atoms with E-state index in [4.69, 9.17) is 4.98 Å². The van der Waals surface area contributed by atoms with Crippen LogP contribution in [0, 0.1) is 5.92 Å². The normalized spacial score (nSPS) is 15.6. The van der Waals surface area contributed by atoms with Crippen LogP contribution in [0.4, 0.5) is 10.5 Å². The first-order chi connectivity index (χ1) is 18.6. The number of para-hydroxylation sites is 2. The van der Waals surface area contributed by atoms with E-state index < -0.39 is 0 Å². The van der Waals surface area contributed by atoms with E-state index in [0.717, 1.165) is 50.2 Å². The number of aromatic nitrogens is 3. The fourth-order valence-electron chi connectivity index (χ4n) is 5.98. The van der Waals surface area contributed by atoms with E-state index in [2.05, 4.69) is 39.3 Å². The number of nitrogens with one attached hydrogen (secondary N) is 1. The molecule has 0 unspecified atom stereocenters. The number of urea groups is 1. The summed E-state index contributed by atoms with van der Waals surface area (Å²) in [5.74, 6) is 1.37. The van der Waals surface area contributed by atoms with Crippen LogP contribution in [0.2, 0.25) is 0 Å². The lowest BCUT2D eigenvalue weighted by molar-refractivity contribution is 0.101. The lowest BCUT2D eigenvalue weighted by Crippen LogP contribution is -2.41. The van der Waals surface area contributed by atoms with Gasteiger partial charge in [-0.25, -0.2) is 14.8 Å². The number of amides is 2. The highest BCUT2D eigenvalue weighted by molar-refractivity contribution is 6.03. The molecule has 6 rings (SSSR count). The Kier molecular flexibility index (Phi) is 6.66. The Morgan fingerprint density at radius 3 is 2.71 bits per heavy atom. The van der Waals surface area contributed by atoms with Crippen molar-refractivity contribution in [3.05, 3.63) is 77.9 Å². The van der Waals surface area contributed by atoms with Gasteiger partial charge in [-0.05, 0) is 68.7 Å². The summed E-state index contributed by atoms with van der Waals surface area (Å²) >= 11 is 0. The largest absolute Gasteiger partial charge is 0.347 e. The SMILES string of the molecule is CC(=O)c1ccccc1NC(=O)N1CCC(CCc2nccc(-c3cn4c5c(cccc35)CCC4)n2)CC1. The van der Waals surface area contributed by atoms with Crippen LogP contribution < -0.4 is 5.32 Å². The number of anilines is 1. The average molecular weight is 508 g/mol. The summed E-state index contributed by atoms with van der Waals surface area (Å²) in [5, 5.41) is 4.21. The third-order valence-corrected chi connectivity index (χ3v) is 8.03. The highest BCUT2D eigenvalue weighted by atomic mass is 16.2. The molecule has 0 radical (unpaired) electrons. The summed E-state index contributed by atoms with van der Waals surface area (Å²) in [4.78, 5) is 36.1. The number of benzene rings is 2. The van der Waals surface area contributed by atoms with Crippen LogP contribution in [0.1, 0.15) is 54.4 Å². The second kappa shape index (κ2) is 10.4. The standard InChI is InChI=1S/C31H33N5O2/c1-21(37)24-8-2-3-10-27(24)34-31(38)35-18-14-22(15-19-35)11-12-29-32-16-13-28(33-29)26-20-36-17-5-7-23-6-4-9-25(26)30(23)36/h2-4,6,8-10,13,16,20,22H,5,7,11-12,14-15,17-19H2,1H3,(H,34,38). The van der Waals surface area contributed by atoms with Gasteiger partial charge >= 0.3 is 6.03 Å². The van der Waals surface area contributed by atoms with Gasteiger partial charge in [0.15, 0.2) is 5.78 Å². The van der Waals surface area contributed by atoms with Crippen molar-refractivity contribution in [1.82, 2.24) is 19.4 Å². The molecule has 0 bridgehead atoms. The van der Waals surface area contributed by atoms with Gasteiger partial charge < -0.3 is 14.8 Å². The van der Waals surface area contributed by atoms with Gasteiger partial charge in [0.25, 0.3) is 0 Å². The highest BCUT2D eigenvalue weighted by Gasteiger charge is 2.24. The summed E-state index contributed by atoms with van der Waals surface area (Å²) in [5.41, 5.74) is 6.08. The number of aryl methyl sites for hydroxylation is 3. The zero-order chi connectivity index (χ0) is 26.1. The number of carbonyl (C=O) groups excluding carboxylic acids is 2. The van der Waals surface area contributed by atoms with Crippen molar-refractivity contribution in [1.29, 1.82) is 0 Å². The molecule has 4 heterocycles. The molecule has 0 atom stereocenters. The molecule has 0 saturated carbocycles. The molecule has 2 amide bonds. The van der Waals surface area contributed by atoms with Crippen molar-refractivity contribution in [3.63, 3.8) is 0 Å². The fraction of sp³-hybridized carbons (Fsp3) is 0.355. The zero-order valence-electron chi connectivity index (χ0n) is 21.8. The minimum absolute atomic E-state index is 0.0554. The van der Waals surface area contributed by atoms with Crippen LogP contribution in [-0.4, -0.2) is 44.3 Å². The van der Waals surface area contributed by atoms with Gasteiger partial charge in [0.2, 0.25) is 0 Å². The Balaban J connectivity index is 1.06. The monoisotopic (exact) mass is 507 g/mol.